The van der Waals surface area contributed by atoms with Crippen molar-refractivity contribution in [3.8, 4) is 0 Å². The zero-order valence-corrected chi connectivity index (χ0v) is 13.7. The van der Waals surface area contributed by atoms with Gasteiger partial charge in [0.2, 0.25) is 0 Å². The van der Waals surface area contributed by atoms with Gasteiger partial charge in [-0.2, -0.15) is 0 Å². The number of aliphatic carboxylic acids is 1. The quantitative estimate of drug-likeness (QED) is 0.523. The second-order valence-corrected chi connectivity index (χ2v) is 7.38. The van der Waals surface area contributed by atoms with E-state index in [0.717, 1.165) is 10.8 Å². The molecule has 126 valence electrons. The van der Waals surface area contributed by atoms with Gasteiger partial charge in [0, 0.05) is 10.8 Å². The van der Waals surface area contributed by atoms with E-state index in [1.165, 1.54) is 6.92 Å². The first-order valence-corrected chi connectivity index (χ1v) is 8.95. The largest absolute Gasteiger partial charge is 0.480 e. The summed E-state index contributed by atoms with van der Waals surface area (Å²) in [6.45, 7) is 1.36. The minimum Gasteiger partial charge on any atom is -0.480 e. The van der Waals surface area contributed by atoms with E-state index in [4.69, 9.17) is 14.2 Å². The van der Waals surface area contributed by atoms with Crippen LogP contribution in [0.2, 0.25) is 0 Å². The average Bonchev–Trinajstić information content (AvgIpc) is 2.89. The van der Waals surface area contributed by atoms with Crippen LogP contribution in [0.25, 0.3) is 21.9 Å². The number of rotatable bonds is 5. The number of nitrogens with one attached hydrogen (secondary N) is 1. The van der Waals surface area contributed by atoms with E-state index in [1.54, 1.807) is 18.2 Å². The van der Waals surface area contributed by atoms with Crippen molar-refractivity contribution in [3.63, 3.8) is 0 Å². The standard InChI is InChI=1S/C16H16NO6P/c1-16(15(18)19,17-9-24(20,21)22)10-6-7-12-11-4-2-3-5-13(11)23-14(12)8-10/h2-8,17H,9H2,1H3,(H,18,19)(H2,20,21,22). The highest BCUT2D eigenvalue weighted by molar-refractivity contribution is 7.51. The molecule has 8 heteroatoms. The molecule has 2 aromatic carbocycles. The van der Waals surface area contributed by atoms with Crippen LogP contribution in [-0.4, -0.2) is 27.1 Å². The number of carboxylic acids is 1. The third-order valence-electron chi connectivity index (χ3n) is 4.02. The van der Waals surface area contributed by atoms with Crippen molar-refractivity contribution in [2.75, 3.05) is 6.29 Å². The summed E-state index contributed by atoms with van der Waals surface area (Å²) in [5, 5.41) is 13.8. The predicted molar refractivity (Wildman–Crippen MR) is 88.8 cm³/mol. The third-order valence-corrected chi connectivity index (χ3v) is 4.59. The van der Waals surface area contributed by atoms with Gasteiger partial charge in [0.1, 0.15) is 16.7 Å². The van der Waals surface area contributed by atoms with Crippen LogP contribution in [0.15, 0.2) is 46.9 Å². The smallest absolute Gasteiger partial charge is 0.339 e. The summed E-state index contributed by atoms with van der Waals surface area (Å²) < 4.78 is 16.8. The van der Waals surface area contributed by atoms with Crippen molar-refractivity contribution in [1.29, 1.82) is 0 Å². The van der Waals surface area contributed by atoms with Gasteiger partial charge >= 0.3 is 13.6 Å². The van der Waals surface area contributed by atoms with Crippen molar-refractivity contribution in [2.45, 2.75) is 12.5 Å². The fourth-order valence-corrected chi connectivity index (χ4v) is 3.12. The predicted octanol–water partition coefficient (Wildman–Crippen LogP) is 2.61. The molecule has 3 rings (SSSR count). The van der Waals surface area contributed by atoms with Crippen molar-refractivity contribution in [2.24, 2.45) is 0 Å². The first kappa shape index (κ1) is 16.7. The van der Waals surface area contributed by atoms with Gasteiger partial charge < -0.3 is 19.3 Å². The fraction of sp³-hybridized carbons (Fsp3) is 0.188. The Kier molecular flexibility index (Phi) is 3.97. The number of furan rings is 1. The zero-order valence-electron chi connectivity index (χ0n) is 12.8. The second kappa shape index (κ2) is 5.72. The highest BCUT2D eigenvalue weighted by Crippen LogP contribution is 2.36. The van der Waals surface area contributed by atoms with Crippen LogP contribution in [0.5, 0.6) is 0 Å². The van der Waals surface area contributed by atoms with Crippen molar-refractivity contribution in [1.82, 2.24) is 5.32 Å². The van der Waals surface area contributed by atoms with E-state index in [9.17, 15) is 14.5 Å². The van der Waals surface area contributed by atoms with Gasteiger partial charge in [-0.15, -0.1) is 0 Å². The lowest BCUT2D eigenvalue weighted by atomic mass is 9.91. The van der Waals surface area contributed by atoms with Crippen LogP contribution in [-0.2, 0) is 14.9 Å². The van der Waals surface area contributed by atoms with Crippen LogP contribution < -0.4 is 5.32 Å². The molecule has 3 aromatic rings. The number of para-hydroxylation sites is 1. The molecule has 1 heterocycles. The van der Waals surface area contributed by atoms with E-state index < -0.39 is 25.4 Å². The molecule has 0 fully saturated rings. The first-order chi connectivity index (χ1) is 11.2. The SMILES string of the molecule is CC(NCP(=O)(O)O)(C(=O)O)c1ccc2c(c1)oc1ccccc12. The number of hydrogen-bond acceptors (Lipinski definition) is 4. The van der Waals surface area contributed by atoms with E-state index in [0.29, 0.717) is 16.7 Å². The summed E-state index contributed by atoms with van der Waals surface area (Å²) in [4.78, 5) is 29.7. The lowest BCUT2D eigenvalue weighted by Gasteiger charge is -2.27. The summed E-state index contributed by atoms with van der Waals surface area (Å²) >= 11 is 0. The summed E-state index contributed by atoms with van der Waals surface area (Å²) in [6, 6.07) is 12.4. The summed E-state index contributed by atoms with van der Waals surface area (Å²) in [7, 11) is -4.39. The summed E-state index contributed by atoms with van der Waals surface area (Å²) in [6.07, 6.45) is -0.742. The molecule has 0 aliphatic heterocycles. The van der Waals surface area contributed by atoms with E-state index in [-0.39, 0.29) is 0 Å². The van der Waals surface area contributed by atoms with Crippen LogP contribution in [0, 0.1) is 0 Å². The molecule has 0 spiro atoms. The van der Waals surface area contributed by atoms with Crippen LogP contribution in [0.4, 0.5) is 0 Å². The van der Waals surface area contributed by atoms with E-state index in [1.807, 2.05) is 24.3 Å². The molecule has 0 saturated carbocycles. The zero-order chi connectivity index (χ0) is 17.5. The molecule has 0 bridgehead atoms. The second-order valence-electron chi connectivity index (χ2n) is 5.74. The van der Waals surface area contributed by atoms with Gasteiger partial charge in [-0.3, -0.25) is 9.88 Å². The van der Waals surface area contributed by atoms with Gasteiger partial charge in [0.15, 0.2) is 0 Å². The molecule has 0 aliphatic rings. The van der Waals surface area contributed by atoms with Gasteiger partial charge in [-0.05, 0) is 24.6 Å². The van der Waals surface area contributed by atoms with Crippen molar-refractivity contribution in [3.05, 3.63) is 48.0 Å². The number of carboxylic acid groups (broad SMARTS) is 1. The Bertz CT molecular complexity index is 975. The van der Waals surface area contributed by atoms with Gasteiger partial charge in [-0.25, -0.2) is 4.79 Å². The van der Waals surface area contributed by atoms with Crippen molar-refractivity contribution >= 4 is 35.5 Å². The highest BCUT2D eigenvalue weighted by atomic mass is 31.2. The monoisotopic (exact) mass is 349 g/mol. The van der Waals surface area contributed by atoms with Crippen LogP contribution in [0.3, 0.4) is 0 Å². The highest BCUT2D eigenvalue weighted by Gasteiger charge is 2.37. The Morgan fingerprint density at radius 1 is 1.17 bits per heavy atom. The maximum Gasteiger partial charge on any atom is 0.339 e. The molecule has 1 atom stereocenters. The molecular weight excluding hydrogens is 333 g/mol. The summed E-state index contributed by atoms with van der Waals surface area (Å²) in [5.74, 6) is -1.24. The summed E-state index contributed by atoms with van der Waals surface area (Å²) in [5.41, 5.74) is -0.118. The maximum atomic E-state index is 11.7. The van der Waals surface area contributed by atoms with Gasteiger partial charge in [-0.1, -0.05) is 30.3 Å². The van der Waals surface area contributed by atoms with Gasteiger partial charge in [0.05, 0.1) is 6.29 Å². The number of fused-ring (bicyclic) bond motifs is 3. The van der Waals surface area contributed by atoms with Gasteiger partial charge in [0.25, 0.3) is 0 Å². The lowest BCUT2D eigenvalue weighted by molar-refractivity contribution is -0.144. The maximum absolute atomic E-state index is 11.7. The fourth-order valence-electron chi connectivity index (χ4n) is 2.60. The Morgan fingerprint density at radius 2 is 1.83 bits per heavy atom. The topological polar surface area (TPSA) is 120 Å². The number of benzene rings is 2. The lowest BCUT2D eigenvalue weighted by Crippen LogP contribution is -2.47. The molecule has 7 nitrogen and oxygen atoms in total. The first-order valence-electron chi connectivity index (χ1n) is 7.15. The number of hydrogen-bond donors (Lipinski definition) is 4. The molecule has 1 aromatic heterocycles. The molecule has 24 heavy (non-hydrogen) atoms. The Balaban J connectivity index is 2.09. The molecule has 0 saturated heterocycles. The average molecular weight is 349 g/mol. The van der Waals surface area contributed by atoms with Crippen LogP contribution >= 0.6 is 7.60 Å². The van der Waals surface area contributed by atoms with E-state index in [2.05, 4.69) is 5.32 Å². The van der Waals surface area contributed by atoms with Crippen LogP contribution in [0.1, 0.15) is 12.5 Å². The molecule has 0 aliphatic carbocycles. The minimum atomic E-state index is -4.39. The Hall–Kier alpha value is -2.18. The third kappa shape index (κ3) is 2.95. The van der Waals surface area contributed by atoms with Crippen molar-refractivity contribution < 1.29 is 28.7 Å². The molecule has 0 amide bonds. The molecule has 4 N–H and O–H groups in total. The minimum absolute atomic E-state index is 0.343. The Morgan fingerprint density at radius 3 is 2.50 bits per heavy atom. The Labute approximate surface area is 137 Å². The normalized spacial score (nSPS) is 14.8. The molecule has 0 radical (unpaired) electrons. The molecular formula is C16H16NO6P. The number of carbonyl (C=O) groups is 1. The van der Waals surface area contributed by atoms with E-state index >= 15 is 0 Å². The molecule has 1 unspecified atom stereocenters.